The predicted molar refractivity (Wildman–Crippen MR) is 78.1 cm³/mol. The lowest BCUT2D eigenvalue weighted by Crippen LogP contribution is -2.39. The van der Waals surface area contributed by atoms with Crippen LogP contribution in [0, 0.1) is 6.85 Å². The molecule has 2 rings (SSSR count). The molecule has 0 aliphatic rings. The summed E-state index contributed by atoms with van der Waals surface area (Å²) in [7, 11) is 1.33. The summed E-state index contributed by atoms with van der Waals surface area (Å²) in [4.78, 5) is 27.8. The fourth-order valence-corrected chi connectivity index (χ4v) is 2.03. The van der Waals surface area contributed by atoms with E-state index in [4.69, 9.17) is 12.3 Å². The van der Waals surface area contributed by atoms with Crippen molar-refractivity contribution < 1.29 is 17.4 Å². The molecule has 0 radical (unpaired) electrons. The van der Waals surface area contributed by atoms with Gasteiger partial charge in [-0.25, -0.2) is 4.79 Å². The van der Waals surface area contributed by atoms with E-state index in [0.29, 0.717) is 0 Å². The Hall–Kier alpha value is -1.82. The molecule has 0 bridgehead atoms. The van der Waals surface area contributed by atoms with Crippen LogP contribution in [-0.2, 0) is 13.6 Å². The SMILES string of the molecule is [2H]C([2H])([2H])c1c[nH]c2c1c(=O)n(CCCC([2H])([2H])C([2H])(O)C([2H])([2H])[2H])c(=O)n2C. The lowest BCUT2D eigenvalue weighted by molar-refractivity contribution is 0.180. The van der Waals surface area contributed by atoms with E-state index in [1.165, 1.54) is 7.05 Å². The van der Waals surface area contributed by atoms with Gasteiger partial charge in [-0.05, 0) is 38.5 Å². The fourth-order valence-electron chi connectivity index (χ4n) is 2.03. The number of nitrogens with one attached hydrogen (secondary N) is 1. The summed E-state index contributed by atoms with van der Waals surface area (Å²) in [6, 6.07) is 0. The number of aromatic nitrogens is 3. The average Bonchev–Trinajstić information content (AvgIpc) is 3.00. The number of fused-ring (bicyclic) bond motifs is 1. The lowest BCUT2D eigenvalue weighted by atomic mass is 10.2. The number of hydrogen-bond donors (Lipinski definition) is 2. The molecule has 0 fully saturated rings. The first kappa shape index (κ1) is 6.76. The minimum atomic E-state index is -3.38. The molecule has 0 aliphatic heterocycles. The quantitative estimate of drug-likeness (QED) is 0.857. The van der Waals surface area contributed by atoms with E-state index in [-0.39, 0.29) is 29.6 Å². The Morgan fingerprint density at radius 1 is 1.55 bits per heavy atom. The van der Waals surface area contributed by atoms with Crippen molar-refractivity contribution in [1.29, 1.82) is 0 Å². The third kappa shape index (κ3) is 2.56. The Bertz CT molecular complexity index is 1030. The van der Waals surface area contributed by atoms with Crippen LogP contribution < -0.4 is 11.2 Å². The van der Waals surface area contributed by atoms with Crippen LogP contribution in [0.4, 0.5) is 0 Å². The monoisotopic (exact) mass is 288 g/mol. The van der Waals surface area contributed by atoms with E-state index in [2.05, 4.69) is 4.98 Å². The van der Waals surface area contributed by atoms with Crippen LogP contribution in [0.3, 0.4) is 0 Å². The maximum atomic E-state index is 12.8. The van der Waals surface area contributed by atoms with Crippen molar-refractivity contribution in [3.8, 4) is 0 Å². The summed E-state index contributed by atoms with van der Waals surface area (Å²) in [5.74, 6) is 0. The van der Waals surface area contributed by atoms with Gasteiger partial charge in [-0.15, -0.1) is 0 Å². The van der Waals surface area contributed by atoms with Gasteiger partial charge in [0.2, 0.25) is 0 Å². The fraction of sp³-hybridized carbons (Fsp3) is 0.571. The Kier molecular flexibility index (Phi) is 1.91. The highest BCUT2D eigenvalue weighted by Crippen LogP contribution is 2.10. The zero-order chi connectivity index (χ0) is 22.6. The van der Waals surface area contributed by atoms with Gasteiger partial charge in [0.15, 0.2) is 0 Å². The van der Waals surface area contributed by atoms with Crippen molar-refractivity contribution in [2.45, 2.75) is 45.5 Å². The molecule has 1 atom stereocenters. The molecule has 2 heterocycles. The molecule has 6 nitrogen and oxygen atoms in total. The van der Waals surface area contributed by atoms with Gasteiger partial charge in [0.25, 0.3) is 5.56 Å². The summed E-state index contributed by atoms with van der Waals surface area (Å²) in [6.45, 7) is -6.27. The van der Waals surface area contributed by atoms with Crippen molar-refractivity contribution in [2.24, 2.45) is 7.05 Å². The van der Waals surface area contributed by atoms with Crippen LogP contribution in [0.1, 0.15) is 44.0 Å². The molecule has 0 saturated carbocycles. The summed E-state index contributed by atoms with van der Waals surface area (Å²) in [5.41, 5.74) is -1.90. The summed E-state index contributed by atoms with van der Waals surface area (Å²) >= 11 is 0. The number of rotatable bonds is 5. The largest absolute Gasteiger partial charge is 0.393 e. The maximum Gasteiger partial charge on any atom is 0.332 e. The maximum absolute atomic E-state index is 12.8. The van der Waals surface area contributed by atoms with Crippen molar-refractivity contribution >= 4 is 11.0 Å². The second-order valence-corrected chi connectivity index (χ2v) is 4.35. The topological polar surface area (TPSA) is 80.0 Å². The highest BCUT2D eigenvalue weighted by atomic mass is 16.3. The molecule has 0 aromatic carbocycles. The first-order valence-electron chi connectivity index (χ1n) is 10.5. The molecule has 0 spiro atoms. The van der Waals surface area contributed by atoms with E-state index in [1.54, 1.807) is 0 Å². The molecule has 110 valence electrons. The van der Waals surface area contributed by atoms with Crippen molar-refractivity contribution in [3.05, 3.63) is 32.6 Å². The Morgan fingerprint density at radius 2 is 2.35 bits per heavy atom. The third-order valence-corrected chi connectivity index (χ3v) is 3.02. The van der Waals surface area contributed by atoms with E-state index in [9.17, 15) is 14.7 Å². The smallest absolute Gasteiger partial charge is 0.332 e. The van der Waals surface area contributed by atoms with Crippen LogP contribution >= 0.6 is 0 Å². The van der Waals surface area contributed by atoms with Crippen LogP contribution in [0.5, 0.6) is 0 Å². The average molecular weight is 288 g/mol. The number of H-pyrrole nitrogens is 1. The summed E-state index contributed by atoms with van der Waals surface area (Å²) in [5, 5.41) is 9.60. The van der Waals surface area contributed by atoms with E-state index in [1.807, 2.05) is 0 Å². The Morgan fingerprint density at radius 3 is 3.05 bits per heavy atom. The second-order valence-electron chi connectivity index (χ2n) is 4.35. The van der Waals surface area contributed by atoms with E-state index >= 15 is 0 Å². The molecule has 2 N–H and O–H groups in total. The van der Waals surface area contributed by atoms with Crippen LogP contribution in [0.15, 0.2) is 15.8 Å². The number of aliphatic hydroxyl groups is 1. The minimum absolute atomic E-state index is 0.0284. The molecule has 1 unspecified atom stereocenters. The zero-order valence-corrected chi connectivity index (χ0v) is 10.9. The first-order chi connectivity index (χ1) is 12.9. The van der Waals surface area contributed by atoms with Crippen molar-refractivity contribution in [3.63, 3.8) is 0 Å². The first-order valence-corrected chi connectivity index (χ1v) is 5.97. The second kappa shape index (κ2) is 5.66. The Labute approximate surface area is 129 Å². The molecule has 2 aromatic heterocycles. The number of aryl methyl sites for hydroxylation is 2. The Balaban J connectivity index is 2.41. The number of hydrogen-bond acceptors (Lipinski definition) is 3. The summed E-state index contributed by atoms with van der Waals surface area (Å²) < 4.78 is 68.7. The minimum Gasteiger partial charge on any atom is -0.393 e. The molecule has 0 saturated heterocycles. The molecule has 0 amide bonds. The van der Waals surface area contributed by atoms with Gasteiger partial charge in [-0.2, -0.15) is 0 Å². The molecule has 2 aromatic rings. The lowest BCUT2D eigenvalue weighted by Gasteiger charge is -2.09. The van der Waals surface area contributed by atoms with Gasteiger partial charge in [-0.1, -0.05) is 0 Å². The zero-order valence-electron chi connectivity index (χ0n) is 19.9. The number of nitrogens with zero attached hydrogens (tertiary/aromatic N) is 2. The highest BCUT2D eigenvalue weighted by molar-refractivity contribution is 5.78. The van der Waals surface area contributed by atoms with Gasteiger partial charge in [-0.3, -0.25) is 13.9 Å². The third-order valence-electron chi connectivity index (χ3n) is 3.02. The number of aromatic amines is 1. The van der Waals surface area contributed by atoms with Crippen LogP contribution in [0.25, 0.3) is 11.0 Å². The van der Waals surface area contributed by atoms with Gasteiger partial charge in [0, 0.05) is 30.8 Å². The standard InChI is InChI=1S/C14H21N3O3/c1-9-8-15-12-11(9)13(19)17(14(20)16(12)3)7-5-4-6-10(2)18/h8,10,15,18H,4-7H2,1-3H3/i1D3,2D3,6D2,10D. The van der Waals surface area contributed by atoms with Gasteiger partial charge < -0.3 is 10.1 Å². The van der Waals surface area contributed by atoms with Gasteiger partial charge in [0.1, 0.15) is 5.65 Å². The van der Waals surface area contributed by atoms with Crippen LogP contribution in [0.2, 0.25) is 0 Å². The van der Waals surface area contributed by atoms with E-state index in [0.717, 1.165) is 15.3 Å². The van der Waals surface area contributed by atoms with Gasteiger partial charge in [0.05, 0.1) is 12.8 Å². The predicted octanol–water partition coefficient (Wildman–Crippen LogP) is 0.888. The molecule has 20 heavy (non-hydrogen) atoms. The van der Waals surface area contributed by atoms with E-state index < -0.39 is 43.8 Å². The molecular formula is C14H21N3O3. The van der Waals surface area contributed by atoms with Gasteiger partial charge >= 0.3 is 5.69 Å². The van der Waals surface area contributed by atoms with Crippen molar-refractivity contribution in [2.75, 3.05) is 0 Å². The van der Waals surface area contributed by atoms with Crippen LogP contribution in [-0.4, -0.2) is 25.3 Å². The molecule has 6 heteroatoms. The van der Waals surface area contributed by atoms with Crippen molar-refractivity contribution in [1.82, 2.24) is 14.1 Å². The molecule has 0 aliphatic carbocycles. The normalized spacial score (nSPS) is 23.2. The highest BCUT2D eigenvalue weighted by Gasteiger charge is 2.13. The summed E-state index contributed by atoms with van der Waals surface area (Å²) in [6.07, 6.45) is -5.99. The molecular weight excluding hydrogens is 258 g/mol.